The van der Waals surface area contributed by atoms with Crippen LogP contribution in [-0.2, 0) is 134 Å². The van der Waals surface area contributed by atoms with Gasteiger partial charge in [-0.25, -0.2) is 29.4 Å². The van der Waals surface area contributed by atoms with E-state index in [9.17, 15) is 114 Å². The van der Waals surface area contributed by atoms with Gasteiger partial charge in [0.1, 0.15) is 98.4 Å². The maximum Gasteiger partial charge on any atom is 1.00 e. The molecule has 8 aliphatic rings. The Kier molecular flexibility index (Phi) is 67.1. The molecule has 0 spiro atoms. The maximum absolute atomic E-state index is 11.7. The third-order valence-corrected chi connectivity index (χ3v) is 18.4. The molecule has 0 amide bonds. The van der Waals surface area contributed by atoms with Crippen LogP contribution < -0.4 is 331 Å². The third-order valence-electron chi connectivity index (χ3n) is 16.6. The van der Waals surface area contributed by atoms with E-state index in [4.69, 9.17) is 109 Å². The van der Waals surface area contributed by atoms with Gasteiger partial charge in [0.15, 0.2) is 25.2 Å². The number of aliphatic hydroxyl groups excluding tert-OH is 13. The van der Waals surface area contributed by atoms with Gasteiger partial charge in [-0.2, -0.15) is 34.8 Å². The number of unbranched alkanes of at least 4 members (excludes halogenated alkanes) is 2. The van der Waals surface area contributed by atoms with Crippen molar-refractivity contribution in [1.82, 2.24) is 0 Å². The molecule has 114 heavy (non-hydrogen) atoms. The van der Waals surface area contributed by atoms with Crippen LogP contribution in [0.1, 0.15) is 19.3 Å². The predicted octanol–water partition coefficient (Wildman–Crippen LogP) is -44.5. The number of nitrogens with two attached hydrogens (primary N) is 1. The summed E-state index contributed by atoms with van der Waals surface area (Å²) in [5.41, 5.74) is 39.8. The summed E-state index contributed by atoms with van der Waals surface area (Å²) in [6.07, 6.45) is -64.0. The van der Waals surface area contributed by atoms with Gasteiger partial charge in [-0.3, -0.25) is 17.1 Å². The van der Waals surface area contributed by atoms with E-state index in [1.54, 1.807) is 0 Å². The largest absolute Gasteiger partial charge is 1.00 e. The molecule has 604 valence electrons. The summed E-state index contributed by atoms with van der Waals surface area (Å²) in [6, 6.07) is -8.22. The Balaban J connectivity index is -0.00000550. The van der Waals surface area contributed by atoms with Crippen molar-refractivity contribution in [2.24, 2.45) is 5.73 Å². The molecule has 50 nitrogen and oxygen atoms in total. The van der Waals surface area contributed by atoms with Crippen LogP contribution in [-0.4, -0.2) is 379 Å². The molecule has 0 aromatic rings. The number of aliphatic hydroxyl groups is 13. The van der Waals surface area contributed by atoms with E-state index in [2.05, 4.69) is 16.7 Å². The van der Waals surface area contributed by atoms with Crippen molar-refractivity contribution < 1.29 is 536 Å². The van der Waals surface area contributed by atoms with Gasteiger partial charge in [0.2, 0.25) is 31.2 Å². The molecule has 36 atom stereocenters. The number of rotatable bonds is 32. The van der Waals surface area contributed by atoms with Crippen molar-refractivity contribution in [3.8, 4) is 0 Å². The Bertz CT molecular complexity index is 3170. The average molecular weight is 1840 g/mol. The molecule has 0 radical (unpaired) electrons. The molecule has 8 aliphatic heterocycles. The molecule has 8 fully saturated rings. The van der Waals surface area contributed by atoms with E-state index in [0.29, 0.717) is 45.6 Å². The molecule has 0 aromatic heterocycles. The maximum atomic E-state index is 11.7. The fraction of sp³-hybridized carbons (Fsp3) is 0.918. The Morgan fingerprint density at radius 1 is 0.316 bits per heavy atom. The van der Waals surface area contributed by atoms with E-state index in [-0.39, 0.29) is 332 Å². The van der Waals surface area contributed by atoms with Gasteiger partial charge in [0, 0.05) is 6.61 Å². The fourth-order valence-corrected chi connectivity index (χ4v) is 12.3. The van der Waals surface area contributed by atoms with Crippen LogP contribution in [0.25, 0.3) is 22.9 Å². The van der Waals surface area contributed by atoms with Gasteiger partial charge in [-0.15, -0.1) is 0 Å². The Hall–Kier alpha value is 9.12. The SMILES string of the molecule is [NH-]C1[C@@H](O[C@@H]2[CH-]O[C@@H](O[C@@H]3C(COS(=O)(=O)[O-])O[C@H](O[C@@H]4[CH-]O[C@@H](O[C@@H]5C(COS(=O)(=O)[O-])O[C@H](O[C@@H]6[CH-]O[C@@H](O[C@@H]7C(COS(=O)(=O)[O-])O[C@H](O[C@@H]8[CH-]O[C@@H](OCCCCCN)C(O)[C@@H]8O)C([NH-])[C@H]7O)C(O)[C@@H]6O)C([NH-])[C@H]5O)C(O)[C@@H]4O)C([NH-])[C@H]3O)C(O)[C@@H]2O)OC(COS(=O)(=O)O)[C@@H](O)[C@@H]1O.[Na+].[Na+].[Na+].[Na+].[Na+].[Na+].[Na+].[Na+].[Na+].[Na+].[Na+]. The Morgan fingerprint density at radius 2 is 0.570 bits per heavy atom. The fourth-order valence-electron chi connectivity index (χ4n) is 11.1. The molecule has 65 heteroatoms. The first-order valence-electron chi connectivity index (χ1n) is 30.7. The normalized spacial score (nSPS) is 41.2. The van der Waals surface area contributed by atoms with Crippen LogP contribution in [0.2, 0.25) is 0 Å². The van der Waals surface area contributed by atoms with Crippen molar-refractivity contribution >= 4 is 41.6 Å². The van der Waals surface area contributed by atoms with E-state index in [1.807, 2.05) is 0 Å². The van der Waals surface area contributed by atoms with Gasteiger partial charge >= 0.3 is 336 Å². The molecule has 20 N–H and O–H groups in total. The monoisotopic (exact) mass is 1840 g/mol. The third kappa shape index (κ3) is 37.4. The van der Waals surface area contributed by atoms with E-state index in [1.165, 1.54) is 0 Å². The predicted molar refractivity (Wildman–Crippen MR) is 309 cm³/mol. The summed E-state index contributed by atoms with van der Waals surface area (Å²) < 4.78 is 241. The number of hydrogen-bond donors (Lipinski definition) is 15. The second-order valence-corrected chi connectivity index (χ2v) is 28.2. The zero-order chi connectivity index (χ0) is 76.1. The molecule has 8 heterocycles. The van der Waals surface area contributed by atoms with Crippen molar-refractivity contribution in [1.29, 1.82) is 0 Å². The van der Waals surface area contributed by atoms with Crippen LogP contribution >= 0.6 is 0 Å². The smallest absolute Gasteiger partial charge is 0.726 e. The van der Waals surface area contributed by atoms with E-state index in [0.717, 1.165) is 6.61 Å². The molecule has 0 bridgehead atoms. The molecule has 8 saturated heterocycles. The quantitative estimate of drug-likeness (QED) is 0.00978. The van der Waals surface area contributed by atoms with Gasteiger partial charge in [0.05, 0.1) is 75.3 Å². The topological polar surface area (TPSA) is 795 Å². The summed E-state index contributed by atoms with van der Waals surface area (Å²) in [4.78, 5) is 0. The first-order chi connectivity index (χ1) is 48.1. The summed E-state index contributed by atoms with van der Waals surface area (Å²) in [5.74, 6) is 0. The summed E-state index contributed by atoms with van der Waals surface area (Å²) >= 11 is 0. The molecule has 12 unspecified atom stereocenters. The minimum absolute atomic E-state index is 0. The minimum Gasteiger partial charge on any atom is -0.726 e. The van der Waals surface area contributed by atoms with Crippen molar-refractivity contribution in [3.63, 3.8) is 0 Å². The first-order valence-corrected chi connectivity index (χ1v) is 36.0. The standard InChI is InChI=1S/C49H81N5O45S4.11Na/c50-4-2-1-3-5-80-46-35(64)27(56)14(6-81-46)90-43-23(52)32(61)39(19(94-43)11-86-101(71,72)73)98-48-37(66)29(58)16(8-83-48)92-45-25(54)34(63)41(21(96-45)13-88-103(77,78)79)99-49-38(67)30(59)17(9-84-49)91-44-24(53)33(62)40(20(95-44)12-87-102(74,75)76)97-47-36(65)28(57)15(7-82-47)89-42-22(51)31(60)26(55)18(93-42)10-85-100(68,69)70;;;;;;;;;;;/h6-9,14-49,51-67H,1-5,10-13,50H2,(H,68,69,70)(H,71,72,73)(H,74,75,76)(H,77,78,79);;;;;;;;;;;/q-8;11*+1/p-3/t14-,15-,16-,17-,18?,19?,20?,21?,22?,23?,24?,25?,26-,27-,28-,29-,30-,31-,32-,33-,34-,35?,36?,37?,38?,39-,40-,41-,42+,43+,44+,45+,46-,47+,48+,49+;;;;;;;;;;;/m1.........../s1. The van der Waals surface area contributed by atoms with E-state index < -0.39 is 289 Å². The van der Waals surface area contributed by atoms with Crippen molar-refractivity contribution in [2.75, 3.05) is 39.6 Å². The second-order valence-electron chi connectivity index (χ2n) is 23.9. The summed E-state index contributed by atoms with van der Waals surface area (Å²) in [7, 11) is -21.9. The summed E-state index contributed by atoms with van der Waals surface area (Å²) in [6.45, 7) is -2.03. The van der Waals surface area contributed by atoms with Crippen molar-refractivity contribution in [3.05, 3.63) is 49.4 Å². The zero-order valence-corrected chi connectivity index (χ0v) is 88.9. The van der Waals surface area contributed by atoms with Crippen LogP contribution in [0.3, 0.4) is 0 Å². The van der Waals surface area contributed by atoms with Crippen LogP contribution in [0.5, 0.6) is 0 Å². The van der Waals surface area contributed by atoms with Gasteiger partial charge in [-0.05, 0) is 50.2 Å². The van der Waals surface area contributed by atoms with Crippen LogP contribution in [0.4, 0.5) is 0 Å². The molecular formula is C49H78N5Na11O45S4. The number of hydrogen-bond acceptors (Lipinski definition) is 45. The average Bonchev–Trinajstić information content (AvgIpc) is 0.786. The molecule has 0 aromatic carbocycles. The Morgan fingerprint density at radius 3 is 0.842 bits per heavy atom. The second kappa shape index (κ2) is 59.1. The van der Waals surface area contributed by atoms with Crippen molar-refractivity contribution in [2.45, 2.75) is 240 Å². The Labute approximate surface area is 897 Å². The number of ether oxygens (including phenoxy) is 16. The molecule has 0 aliphatic carbocycles. The van der Waals surface area contributed by atoms with E-state index >= 15 is 0 Å². The molecule has 0 saturated carbocycles. The number of nitrogens with one attached hydrogen (secondary N) is 4. The van der Waals surface area contributed by atoms with Gasteiger partial charge in [0.25, 0.3) is 0 Å². The first kappa shape index (κ1) is 129. The minimum atomic E-state index is -5.65. The van der Waals surface area contributed by atoms with Crippen LogP contribution in [0, 0.1) is 26.4 Å². The molecule has 8 rings (SSSR count). The zero-order valence-electron chi connectivity index (χ0n) is 63.6. The van der Waals surface area contributed by atoms with Crippen LogP contribution in [0.15, 0.2) is 0 Å². The van der Waals surface area contributed by atoms with Gasteiger partial charge in [-0.1, -0.05) is 24.2 Å². The van der Waals surface area contributed by atoms with Gasteiger partial charge < -0.3 is 185 Å². The molecular weight excluding hydrogens is 1760 g/mol. The summed E-state index contributed by atoms with van der Waals surface area (Å²) in [5, 5.41) is 144.